The van der Waals surface area contributed by atoms with Crippen LogP contribution in [0.15, 0.2) is 47.4 Å². The predicted octanol–water partition coefficient (Wildman–Crippen LogP) is 2.39. The molecule has 0 aliphatic rings. The van der Waals surface area contributed by atoms with E-state index < -0.39 is 28.5 Å². The van der Waals surface area contributed by atoms with Crippen molar-refractivity contribution in [2.75, 3.05) is 33.1 Å². The molecule has 2 aromatic rings. The van der Waals surface area contributed by atoms with E-state index in [1.165, 1.54) is 45.5 Å². The number of anilines is 1. The highest BCUT2D eigenvalue weighted by Gasteiger charge is 2.22. The Morgan fingerprint density at radius 1 is 1.14 bits per heavy atom. The Morgan fingerprint density at radius 2 is 1.82 bits per heavy atom. The standard InChI is InChI=1S/C18H19ClN2O6S/c1-21(2)28(24,25)16-10-12(8-9-14(16)19)20-17(22)11-27-18(23)13-6-4-5-7-15(13)26-3/h4-10H,11H2,1-3H3,(H,20,22). The van der Waals surface area contributed by atoms with Gasteiger partial charge in [0, 0.05) is 19.8 Å². The number of methoxy groups -OCH3 is 1. The molecule has 2 rings (SSSR count). The highest BCUT2D eigenvalue weighted by Crippen LogP contribution is 2.27. The van der Waals surface area contributed by atoms with E-state index in [1.807, 2.05) is 0 Å². The number of carbonyl (C=O) groups excluding carboxylic acids is 2. The lowest BCUT2D eigenvalue weighted by Gasteiger charge is -2.14. The molecule has 0 spiro atoms. The van der Waals surface area contributed by atoms with E-state index in [0.29, 0.717) is 5.75 Å². The molecule has 0 fully saturated rings. The van der Waals surface area contributed by atoms with Gasteiger partial charge in [0.1, 0.15) is 16.2 Å². The second-order valence-electron chi connectivity index (χ2n) is 5.76. The topological polar surface area (TPSA) is 102 Å². The van der Waals surface area contributed by atoms with E-state index in [-0.39, 0.29) is 21.2 Å². The molecule has 0 aliphatic heterocycles. The molecule has 0 heterocycles. The van der Waals surface area contributed by atoms with Crippen LogP contribution in [0, 0.1) is 0 Å². The van der Waals surface area contributed by atoms with Crippen LogP contribution in [-0.2, 0) is 19.6 Å². The smallest absolute Gasteiger partial charge is 0.342 e. The number of carbonyl (C=O) groups is 2. The number of hydrogen-bond donors (Lipinski definition) is 1. The molecular weight excluding hydrogens is 408 g/mol. The average molecular weight is 427 g/mol. The Kier molecular flexibility index (Phi) is 7.00. The van der Waals surface area contributed by atoms with E-state index in [1.54, 1.807) is 18.2 Å². The van der Waals surface area contributed by atoms with Crippen LogP contribution in [0.25, 0.3) is 0 Å². The highest BCUT2D eigenvalue weighted by atomic mass is 35.5. The molecule has 0 saturated heterocycles. The van der Waals surface area contributed by atoms with Crippen LogP contribution in [0.3, 0.4) is 0 Å². The number of amides is 1. The predicted molar refractivity (Wildman–Crippen MR) is 104 cm³/mol. The summed E-state index contributed by atoms with van der Waals surface area (Å²) >= 11 is 5.96. The number of hydrogen-bond acceptors (Lipinski definition) is 6. The van der Waals surface area contributed by atoms with E-state index in [4.69, 9.17) is 21.1 Å². The molecule has 1 amide bonds. The Balaban J connectivity index is 2.07. The largest absolute Gasteiger partial charge is 0.496 e. The number of sulfonamides is 1. The van der Waals surface area contributed by atoms with Crippen molar-refractivity contribution in [1.82, 2.24) is 4.31 Å². The molecular formula is C18H19ClN2O6S. The van der Waals surface area contributed by atoms with Crippen molar-refractivity contribution in [1.29, 1.82) is 0 Å². The second kappa shape index (κ2) is 9.05. The SMILES string of the molecule is COc1ccccc1C(=O)OCC(=O)Nc1ccc(Cl)c(S(=O)(=O)N(C)C)c1. The van der Waals surface area contributed by atoms with Crippen LogP contribution < -0.4 is 10.1 Å². The Hall–Kier alpha value is -2.62. The van der Waals surface area contributed by atoms with Crippen LogP contribution in [-0.4, -0.2) is 52.4 Å². The third-order valence-corrected chi connectivity index (χ3v) is 5.93. The zero-order chi connectivity index (χ0) is 20.9. The van der Waals surface area contributed by atoms with Crippen LogP contribution in [0.5, 0.6) is 5.75 Å². The number of para-hydroxylation sites is 1. The lowest BCUT2D eigenvalue weighted by molar-refractivity contribution is -0.119. The zero-order valence-corrected chi connectivity index (χ0v) is 17.0. The summed E-state index contributed by atoms with van der Waals surface area (Å²) in [4.78, 5) is 24.0. The lowest BCUT2D eigenvalue weighted by Crippen LogP contribution is -2.23. The molecule has 0 atom stereocenters. The molecule has 8 nitrogen and oxygen atoms in total. The monoisotopic (exact) mass is 426 g/mol. The van der Waals surface area contributed by atoms with Gasteiger partial charge in [0.2, 0.25) is 10.0 Å². The van der Waals surface area contributed by atoms with Gasteiger partial charge in [-0.2, -0.15) is 0 Å². The number of benzene rings is 2. The molecule has 10 heteroatoms. The van der Waals surface area contributed by atoms with Gasteiger partial charge in [0.25, 0.3) is 5.91 Å². The van der Waals surface area contributed by atoms with Crippen LogP contribution >= 0.6 is 11.6 Å². The summed E-state index contributed by atoms with van der Waals surface area (Å²) in [5.74, 6) is -1.04. The molecule has 0 bridgehead atoms. The first-order valence-electron chi connectivity index (χ1n) is 7.99. The first-order chi connectivity index (χ1) is 13.2. The second-order valence-corrected chi connectivity index (χ2v) is 8.28. The molecule has 2 aromatic carbocycles. The van der Waals surface area contributed by atoms with E-state index in [2.05, 4.69) is 5.32 Å². The van der Waals surface area contributed by atoms with Crippen LogP contribution in [0.1, 0.15) is 10.4 Å². The zero-order valence-electron chi connectivity index (χ0n) is 15.4. The van der Waals surface area contributed by atoms with Crippen molar-refractivity contribution in [2.45, 2.75) is 4.90 Å². The molecule has 0 radical (unpaired) electrons. The van der Waals surface area contributed by atoms with Gasteiger partial charge in [0.15, 0.2) is 6.61 Å². The Morgan fingerprint density at radius 3 is 2.46 bits per heavy atom. The van der Waals surface area contributed by atoms with E-state index >= 15 is 0 Å². The number of rotatable bonds is 7. The number of nitrogens with zero attached hydrogens (tertiary/aromatic N) is 1. The van der Waals surface area contributed by atoms with E-state index in [0.717, 1.165) is 4.31 Å². The van der Waals surface area contributed by atoms with Crippen molar-refractivity contribution in [2.24, 2.45) is 0 Å². The minimum atomic E-state index is -3.78. The fraction of sp³-hybridized carbons (Fsp3) is 0.222. The molecule has 0 unspecified atom stereocenters. The lowest BCUT2D eigenvalue weighted by atomic mass is 10.2. The van der Waals surface area contributed by atoms with Gasteiger partial charge >= 0.3 is 5.97 Å². The van der Waals surface area contributed by atoms with Crippen LogP contribution in [0.2, 0.25) is 5.02 Å². The Bertz CT molecular complexity index is 991. The van der Waals surface area contributed by atoms with Gasteiger partial charge in [-0.05, 0) is 30.3 Å². The molecule has 1 N–H and O–H groups in total. The molecule has 0 aliphatic carbocycles. The quantitative estimate of drug-likeness (QED) is 0.682. The summed E-state index contributed by atoms with van der Waals surface area (Å²) in [5, 5.41) is 2.49. The normalized spacial score (nSPS) is 11.2. The van der Waals surface area contributed by atoms with Gasteiger partial charge in [-0.25, -0.2) is 17.5 Å². The first-order valence-corrected chi connectivity index (χ1v) is 9.80. The van der Waals surface area contributed by atoms with Crippen LogP contribution in [0.4, 0.5) is 5.69 Å². The number of ether oxygens (including phenoxy) is 2. The minimum absolute atomic E-state index is 0.0225. The average Bonchev–Trinajstić information content (AvgIpc) is 2.67. The molecule has 150 valence electrons. The third kappa shape index (κ3) is 5.00. The van der Waals surface area contributed by atoms with Gasteiger partial charge in [-0.3, -0.25) is 4.79 Å². The summed E-state index contributed by atoms with van der Waals surface area (Å²) in [6.07, 6.45) is 0. The van der Waals surface area contributed by atoms with Crippen molar-refractivity contribution >= 4 is 39.2 Å². The van der Waals surface area contributed by atoms with Crippen molar-refractivity contribution in [3.05, 3.63) is 53.1 Å². The van der Waals surface area contributed by atoms with Gasteiger partial charge in [0.05, 0.1) is 12.1 Å². The fourth-order valence-electron chi connectivity index (χ4n) is 2.19. The number of esters is 1. The molecule has 0 aromatic heterocycles. The van der Waals surface area contributed by atoms with Gasteiger partial charge < -0.3 is 14.8 Å². The maximum atomic E-state index is 12.3. The van der Waals surface area contributed by atoms with Crippen molar-refractivity contribution in [3.8, 4) is 5.75 Å². The van der Waals surface area contributed by atoms with Crippen molar-refractivity contribution < 1.29 is 27.5 Å². The highest BCUT2D eigenvalue weighted by molar-refractivity contribution is 7.89. The summed E-state index contributed by atoms with van der Waals surface area (Å²) in [6, 6.07) is 10.5. The third-order valence-electron chi connectivity index (χ3n) is 3.63. The maximum absolute atomic E-state index is 12.3. The summed E-state index contributed by atoms with van der Waals surface area (Å²) < 4.78 is 35.6. The van der Waals surface area contributed by atoms with Crippen molar-refractivity contribution in [3.63, 3.8) is 0 Å². The number of halogens is 1. The van der Waals surface area contributed by atoms with E-state index in [9.17, 15) is 18.0 Å². The minimum Gasteiger partial charge on any atom is -0.496 e. The first kappa shape index (κ1) is 21.7. The van der Waals surface area contributed by atoms with Gasteiger partial charge in [-0.1, -0.05) is 23.7 Å². The summed E-state index contributed by atoms with van der Waals surface area (Å²) in [6.45, 7) is -0.560. The number of nitrogens with one attached hydrogen (secondary N) is 1. The fourth-order valence-corrected chi connectivity index (χ4v) is 3.59. The molecule has 0 saturated carbocycles. The summed E-state index contributed by atoms with van der Waals surface area (Å²) in [7, 11) is 0.369. The summed E-state index contributed by atoms with van der Waals surface area (Å²) in [5.41, 5.74) is 0.381. The maximum Gasteiger partial charge on any atom is 0.342 e. The Labute approximate surface area is 168 Å². The molecule has 28 heavy (non-hydrogen) atoms. The van der Waals surface area contributed by atoms with Gasteiger partial charge in [-0.15, -0.1) is 0 Å².